The summed E-state index contributed by atoms with van der Waals surface area (Å²) in [4.78, 5) is 9.60. The minimum absolute atomic E-state index is 0. The quantitative estimate of drug-likeness (QED) is 0.189. The maximum Gasteiger partial charge on any atom is 0.191 e. The third-order valence-corrected chi connectivity index (χ3v) is 6.60. The van der Waals surface area contributed by atoms with Crippen LogP contribution in [0, 0.1) is 11.3 Å². The number of guanidine groups is 1. The van der Waals surface area contributed by atoms with Gasteiger partial charge in [0.25, 0.3) is 0 Å². The predicted molar refractivity (Wildman–Crippen MR) is 135 cm³/mol. The number of hydrogen-bond acceptors (Lipinski definition) is 4. The van der Waals surface area contributed by atoms with Crippen molar-refractivity contribution in [1.29, 1.82) is 0 Å². The fraction of sp³-hybridized carbons (Fsp3) is 0.955. The highest BCUT2D eigenvalue weighted by atomic mass is 127. The Morgan fingerprint density at radius 3 is 2.31 bits per heavy atom. The minimum Gasteiger partial charge on any atom is -0.382 e. The highest BCUT2D eigenvalue weighted by Crippen LogP contribution is 2.40. The molecule has 2 aliphatic rings. The highest BCUT2D eigenvalue weighted by molar-refractivity contribution is 14.0. The van der Waals surface area contributed by atoms with Crippen LogP contribution in [-0.2, 0) is 4.74 Å². The molecule has 2 N–H and O–H groups in total. The van der Waals surface area contributed by atoms with Gasteiger partial charge in [-0.2, -0.15) is 0 Å². The first-order valence-corrected chi connectivity index (χ1v) is 11.6. The molecule has 0 bridgehead atoms. The maximum absolute atomic E-state index is 5.64. The summed E-state index contributed by atoms with van der Waals surface area (Å²) < 4.78 is 5.64. The molecule has 1 atom stereocenters. The van der Waals surface area contributed by atoms with Gasteiger partial charge in [0, 0.05) is 66.1 Å². The molecule has 0 amide bonds. The molecule has 1 saturated heterocycles. The van der Waals surface area contributed by atoms with E-state index in [0.29, 0.717) is 11.3 Å². The van der Waals surface area contributed by atoms with E-state index in [4.69, 9.17) is 4.74 Å². The summed E-state index contributed by atoms with van der Waals surface area (Å²) in [6, 6.07) is 0. The molecule has 29 heavy (non-hydrogen) atoms. The Kier molecular flexibility index (Phi) is 13.7. The molecule has 0 radical (unpaired) electrons. The number of rotatable bonds is 11. The molecule has 172 valence electrons. The highest BCUT2D eigenvalue weighted by Gasteiger charge is 2.33. The number of hydrogen-bond donors (Lipinski definition) is 2. The Bertz CT molecular complexity index is 448. The monoisotopic (exact) mass is 523 g/mol. The fourth-order valence-electron chi connectivity index (χ4n) is 4.63. The van der Waals surface area contributed by atoms with Crippen LogP contribution in [0.1, 0.15) is 52.9 Å². The maximum atomic E-state index is 5.64. The van der Waals surface area contributed by atoms with E-state index in [2.05, 4.69) is 46.2 Å². The normalized spacial score (nSPS) is 21.6. The van der Waals surface area contributed by atoms with Crippen LogP contribution in [0.5, 0.6) is 0 Å². The van der Waals surface area contributed by atoms with Crippen molar-refractivity contribution in [2.75, 3.05) is 72.6 Å². The van der Waals surface area contributed by atoms with Gasteiger partial charge >= 0.3 is 0 Å². The van der Waals surface area contributed by atoms with E-state index in [1.807, 2.05) is 7.05 Å². The van der Waals surface area contributed by atoms with Crippen molar-refractivity contribution < 1.29 is 4.74 Å². The second-order valence-corrected chi connectivity index (χ2v) is 8.80. The summed E-state index contributed by atoms with van der Waals surface area (Å²) in [5.74, 6) is 1.57. The molecule has 2 fully saturated rings. The molecule has 1 unspecified atom stereocenters. The number of halogens is 1. The topological polar surface area (TPSA) is 52.1 Å². The lowest BCUT2D eigenvalue weighted by Gasteiger charge is -2.35. The van der Waals surface area contributed by atoms with E-state index in [0.717, 1.165) is 38.7 Å². The molecular weight excluding hydrogens is 477 g/mol. The molecule has 7 heteroatoms. The number of nitrogens with zero attached hydrogens (tertiary/aromatic N) is 3. The zero-order chi connectivity index (χ0) is 20.2. The first kappa shape index (κ1) is 26.9. The summed E-state index contributed by atoms with van der Waals surface area (Å²) in [6.07, 6.45) is 6.48. The van der Waals surface area contributed by atoms with Crippen LogP contribution in [-0.4, -0.2) is 88.4 Å². The van der Waals surface area contributed by atoms with Crippen LogP contribution in [0.4, 0.5) is 0 Å². The molecular formula is C22H46IN5O. The Labute approximate surface area is 196 Å². The van der Waals surface area contributed by atoms with Crippen molar-refractivity contribution in [1.82, 2.24) is 20.4 Å². The number of likely N-dealkylation sites (N-methyl/N-ethyl adjacent to an activating group) is 1. The lowest BCUT2D eigenvalue weighted by Crippen LogP contribution is -2.49. The van der Waals surface area contributed by atoms with Crippen molar-refractivity contribution in [2.24, 2.45) is 16.3 Å². The zero-order valence-electron chi connectivity index (χ0n) is 19.3. The van der Waals surface area contributed by atoms with E-state index in [-0.39, 0.29) is 24.0 Å². The van der Waals surface area contributed by atoms with Crippen LogP contribution in [0.25, 0.3) is 0 Å². The summed E-state index contributed by atoms with van der Waals surface area (Å²) >= 11 is 0. The molecule has 0 aromatic rings. The Morgan fingerprint density at radius 1 is 1.07 bits per heavy atom. The van der Waals surface area contributed by atoms with Crippen LogP contribution in [0.2, 0.25) is 0 Å². The first-order chi connectivity index (χ1) is 13.6. The summed E-state index contributed by atoms with van der Waals surface area (Å²) in [7, 11) is 1.88. The lowest BCUT2D eigenvalue weighted by atomic mass is 9.83. The third-order valence-electron chi connectivity index (χ3n) is 6.60. The van der Waals surface area contributed by atoms with Gasteiger partial charge in [0.05, 0.1) is 0 Å². The number of aliphatic imine (C=N–C) groups is 1. The van der Waals surface area contributed by atoms with Crippen molar-refractivity contribution >= 4 is 29.9 Å². The smallest absolute Gasteiger partial charge is 0.191 e. The largest absolute Gasteiger partial charge is 0.382 e. The second kappa shape index (κ2) is 14.8. The van der Waals surface area contributed by atoms with E-state index in [1.165, 1.54) is 65.0 Å². The van der Waals surface area contributed by atoms with Gasteiger partial charge in [0.1, 0.15) is 0 Å². The van der Waals surface area contributed by atoms with Crippen LogP contribution >= 0.6 is 24.0 Å². The Morgan fingerprint density at radius 2 is 1.72 bits per heavy atom. The van der Waals surface area contributed by atoms with Crippen molar-refractivity contribution in [3.8, 4) is 0 Å². The van der Waals surface area contributed by atoms with Gasteiger partial charge in [-0.1, -0.05) is 26.7 Å². The standard InChI is InChI=1S/C22H45N5O.HI/c1-5-26-12-14-27(15-13-26)18-20(3)17-24-21(23-4)25-19-22(9-7-8-10-22)11-16-28-6-2;/h20H,5-19H2,1-4H3,(H2,23,24,25);1H. The van der Waals surface area contributed by atoms with Crippen molar-refractivity contribution in [3.63, 3.8) is 0 Å². The van der Waals surface area contributed by atoms with E-state index in [1.54, 1.807) is 0 Å². The van der Waals surface area contributed by atoms with Crippen LogP contribution in [0.3, 0.4) is 0 Å². The van der Waals surface area contributed by atoms with Crippen LogP contribution < -0.4 is 10.6 Å². The Balaban J connectivity index is 0.00000420. The Hall–Kier alpha value is -0.120. The minimum atomic E-state index is 0. The summed E-state index contributed by atoms with van der Waals surface area (Å²) in [6.45, 7) is 17.5. The molecule has 1 saturated carbocycles. The number of piperazine rings is 1. The number of ether oxygens (including phenoxy) is 1. The molecule has 6 nitrogen and oxygen atoms in total. The molecule has 1 aliphatic carbocycles. The second-order valence-electron chi connectivity index (χ2n) is 8.80. The average Bonchev–Trinajstić information content (AvgIpc) is 3.18. The first-order valence-electron chi connectivity index (χ1n) is 11.6. The van der Waals surface area contributed by atoms with Gasteiger partial charge in [0.2, 0.25) is 0 Å². The molecule has 2 rings (SSSR count). The summed E-state index contributed by atoms with van der Waals surface area (Å²) in [5, 5.41) is 7.17. The van der Waals surface area contributed by atoms with Gasteiger partial charge < -0.3 is 25.2 Å². The van der Waals surface area contributed by atoms with Crippen molar-refractivity contribution in [3.05, 3.63) is 0 Å². The van der Waals surface area contributed by atoms with E-state index < -0.39 is 0 Å². The van der Waals surface area contributed by atoms with Gasteiger partial charge in [-0.25, -0.2) is 0 Å². The molecule has 1 aliphatic heterocycles. The van der Waals surface area contributed by atoms with E-state index >= 15 is 0 Å². The molecule has 1 heterocycles. The number of nitrogens with one attached hydrogen (secondary N) is 2. The van der Waals surface area contributed by atoms with Gasteiger partial charge in [-0.3, -0.25) is 4.99 Å². The lowest BCUT2D eigenvalue weighted by molar-refractivity contribution is 0.105. The van der Waals surface area contributed by atoms with Gasteiger partial charge in [-0.15, -0.1) is 24.0 Å². The van der Waals surface area contributed by atoms with Crippen LogP contribution in [0.15, 0.2) is 4.99 Å². The molecule has 0 aromatic heterocycles. The van der Waals surface area contributed by atoms with Crippen molar-refractivity contribution in [2.45, 2.75) is 52.9 Å². The molecule has 0 spiro atoms. The van der Waals surface area contributed by atoms with Gasteiger partial charge in [-0.05, 0) is 44.1 Å². The predicted octanol–water partition coefficient (Wildman–Crippen LogP) is 3.03. The fourth-order valence-corrected chi connectivity index (χ4v) is 4.63. The third kappa shape index (κ3) is 9.70. The molecule has 0 aromatic carbocycles. The SMILES string of the molecule is CCOCCC1(CNC(=NC)NCC(C)CN2CCN(CC)CC2)CCCC1.I. The zero-order valence-corrected chi connectivity index (χ0v) is 21.7. The van der Waals surface area contributed by atoms with E-state index in [9.17, 15) is 0 Å². The average molecular weight is 524 g/mol. The summed E-state index contributed by atoms with van der Waals surface area (Å²) in [5.41, 5.74) is 0.386. The van der Waals surface area contributed by atoms with Gasteiger partial charge in [0.15, 0.2) is 5.96 Å².